The molecule has 220 valence electrons. The SMILES string of the molecule is CS(=O)(=O)NCc1cc2n(n1)CCN(Cc1ccc(CCN)cc1)C2.O=C(O)C(F)(F)F.O=C(O)C(F)(F)F. The summed E-state index contributed by atoms with van der Waals surface area (Å²) in [5.41, 5.74) is 10.0. The average Bonchev–Trinajstić information content (AvgIpc) is 3.21. The van der Waals surface area contributed by atoms with E-state index in [4.69, 9.17) is 25.5 Å². The second kappa shape index (κ2) is 14.2. The maximum Gasteiger partial charge on any atom is 0.490 e. The number of hydrogen-bond acceptors (Lipinski definition) is 7. The van der Waals surface area contributed by atoms with Crippen LogP contribution in [0.3, 0.4) is 0 Å². The number of carbonyl (C=O) groups is 2. The van der Waals surface area contributed by atoms with Gasteiger partial charge in [0.15, 0.2) is 0 Å². The smallest absolute Gasteiger partial charge is 0.475 e. The van der Waals surface area contributed by atoms with Crippen molar-refractivity contribution in [1.29, 1.82) is 0 Å². The van der Waals surface area contributed by atoms with E-state index in [-0.39, 0.29) is 6.54 Å². The fourth-order valence-corrected chi connectivity index (χ4v) is 3.45. The van der Waals surface area contributed by atoms with E-state index >= 15 is 0 Å². The van der Waals surface area contributed by atoms with Gasteiger partial charge in [0.05, 0.1) is 30.7 Å². The van der Waals surface area contributed by atoms with E-state index in [9.17, 15) is 34.8 Å². The molecule has 2 heterocycles. The second-order valence-corrected chi connectivity index (χ2v) is 9.95. The number of fused-ring (bicyclic) bond motifs is 1. The Bertz CT molecular complexity index is 1180. The number of nitrogens with two attached hydrogens (primary N) is 1. The zero-order chi connectivity index (χ0) is 30.0. The third-order valence-corrected chi connectivity index (χ3v) is 5.46. The number of hydrogen-bond donors (Lipinski definition) is 4. The van der Waals surface area contributed by atoms with Crippen molar-refractivity contribution >= 4 is 22.0 Å². The highest BCUT2D eigenvalue weighted by Crippen LogP contribution is 2.17. The highest BCUT2D eigenvalue weighted by atomic mass is 32.2. The lowest BCUT2D eigenvalue weighted by Gasteiger charge is -2.27. The molecule has 5 N–H and O–H groups in total. The summed E-state index contributed by atoms with van der Waals surface area (Å²) in [5, 5.41) is 18.7. The molecule has 1 aliphatic heterocycles. The minimum atomic E-state index is -5.08. The number of nitrogens with one attached hydrogen (secondary N) is 1. The molecule has 0 aliphatic carbocycles. The molecule has 11 nitrogen and oxygen atoms in total. The lowest BCUT2D eigenvalue weighted by molar-refractivity contribution is -0.193. The van der Waals surface area contributed by atoms with Crippen LogP contribution in [0.5, 0.6) is 0 Å². The Hall–Kier alpha value is -3.22. The Balaban J connectivity index is 0.000000449. The predicted molar refractivity (Wildman–Crippen MR) is 125 cm³/mol. The highest BCUT2D eigenvalue weighted by molar-refractivity contribution is 7.88. The number of nitrogens with zero attached hydrogens (tertiary/aromatic N) is 3. The van der Waals surface area contributed by atoms with Gasteiger partial charge < -0.3 is 15.9 Å². The van der Waals surface area contributed by atoms with Gasteiger partial charge in [0, 0.05) is 19.6 Å². The number of aromatic nitrogens is 2. The minimum Gasteiger partial charge on any atom is -0.475 e. The van der Waals surface area contributed by atoms with E-state index in [2.05, 4.69) is 39.0 Å². The molecule has 18 heteroatoms. The van der Waals surface area contributed by atoms with Crippen LogP contribution in [0.4, 0.5) is 26.3 Å². The van der Waals surface area contributed by atoms with Gasteiger partial charge in [0.2, 0.25) is 10.0 Å². The van der Waals surface area contributed by atoms with Gasteiger partial charge in [-0.15, -0.1) is 0 Å². The Kier molecular flexibility index (Phi) is 12.3. The van der Waals surface area contributed by atoms with Gasteiger partial charge in [0.1, 0.15) is 0 Å². The summed E-state index contributed by atoms with van der Waals surface area (Å²) < 4.78 is 90.3. The Morgan fingerprint density at radius 1 is 1.00 bits per heavy atom. The van der Waals surface area contributed by atoms with Crippen LogP contribution in [0.15, 0.2) is 30.3 Å². The van der Waals surface area contributed by atoms with Crippen LogP contribution in [0.25, 0.3) is 0 Å². The summed E-state index contributed by atoms with van der Waals surface area (Å²) in [4.78, 5) is 20.2. The van der Waals surface area contributed by atoms with Crippen LogP contribution in [-0.4, -0.2) is 76.9 Å². The molecule has 0 saturated carbocycles. The molecule has 1 aromatic carbocycles. The van der Waals surface area contributed by atoms with E-state index in [0.717, 1.165) is 50.2 Å². The molecule has 0 atom stereocenters. The van der Waals surface area contributed by atoms with Crippen molar-refractivity contribution in [3.8, 4) is 0 Å². The number of aliphatic carboxylic acids is 2. The molecule has 2 aromatic rings. The lowest BCUT2D eigenvalue weighted by atomic mass is 10.1. The van der Waals surface area contributed by atoms with E-state index in [1.165, 1.54) is 11.1 Å². The molecular formula is C21H27F6N5O6S. The van der Waals surface area contributed by atoms with Gasteiger partial charge >= 0.3 is 24.3 Å². The third-order valence-electron chi connectivity index (χ3n) is 4.79. The molecule has 1 aromatic heterocycles. The summed E-state index contributed by atoms with van der Waals surface area (Å²) in [5.74, 6) is -5.51. The maximum atomic E-state index is 11.2. The summed E-state index contributed by atoms with van der Waals surface area (Å²) in [6.45, 7) is 4.37. The van der Waals surface area contributed by atoms with Crippen LogP contribution in [0.2, 0.25) is 0 Å². The minimum absolute atomic E-state index is 0.238. The fraction of sp³-hybridized carbons (Fsp3) is 0.476. The van der Waals surface area contributed by atoms with Crippen molar-refractivity contribution in [2.75, 3.05) is 19.3 Å². The largest absolute Gasteiger partial charge is 0.490 e. The van der Waals surface area contributed by atoms with Crippen LogP contribution in [0.1, 0.15) is 22.5 Å². The summed E-state index contributed by atoms with van der Waals surface area (Å²) in [7, 11) is -3.20. The summed E-state index contributed by atoms with van der Waals surface area (Å²) in [6, 6.07) is 10.6. The Labute approximate surface area is 219 Å². The number of alkyl halides is 6. The summed E-state index contributed by atoms with van der Waals surface area (Å²) >= 11 is 0. The molecular weight excluding hydrogens is 564 g/mol. The maximum absolute atomic E-state index is 11.2. The van der Waals surface area contributed by atoms with Gasteiger partial charge in [-0.25, -0.2) is 22.7 Å². The van der Waals surface area contributed by atoms with Gasteiger partial charge in [-0.3, -0.25) is 9.58 Å². The van der Waals surface area contributed by atoms with Crippen LogP contribution >= 0.6 is 0 Å². The Morgan fingerprint density at radius 3 is 1.92 bits per heavy atom. The molecule has 3 rings (SSSR count). The van der Waals surface area contributed by atoms with Crippen molar-refractivity contribution < 1.29 is 54.6 Å². The fourth-order valence-electron chi connectivity index (χ4n) is 3.04. The van der Waals surface area contributed by atoms with Crippen molar-refractivity contribution in [3.05, 3.63) is 52.8 Å². The van der Waals surface area contributed by atoms with Crippen molar-refractivity contribution in [1.82, 2.24) is 19.4 Å². The standard InChI is InChI=1S/C17H25N5O2S.2C2HF3O2/c1-25(23,24)19-11-16-10-17-13-21(8-9-22(17)20-16)12-15-4-2-14(3-5-15)6-7-18;2*3-2(4,5)1(6)7/h2-5,10,19H,6-9,11-13,18H2,1H3;2*(H,6,7). The van der Waals surface area contributed by atoms with Crippen LogP contribution in [0, 0.1) is 0 Å². The number of benzene rings is 1. The monoisotopic (exact) mass is 591 g/mol. The average molecular weight is 592 g/mol. The van der Waals surface area contributed by atoms with E-state index in [1.807, 2.05) is 10.7 Å². The van der Waals surface area contributed by atoms with Gasteiger partial charge in [-0.1, -0.05) is 24.3 Å². The highest BCUT2D eigenvalue weighted by Gasteiger charge is 2.38. The second-order valence-electron chi connectivity index (χ2n) is 8.12. The number of rotatable bonds is 7. The first kappa shape index (κ1) is 33.8. The first-order valence-corrected chi connectivity index (χ1v) is 12.8. The van der Waals surface area contributed by atoms with Crippen LogP contribution in [-0.2, 0) is 52.2 Å². The normalized spacial score (nSPS) is 13.8. The van der Waals surface area contributed by atoms with Crippen LogP contribution < -0.4 is 10.5 Å². The van der Waals surface area contributed by atoms with Gasteiger partial charge in [-0.05, 0) is 30.2 Å². The topological polar surface area (TPSA) is 168 Å². The number of sulfonamides is 1. The zero-order valence-corrected chi connectivity index (χ0v) is 21.3. The lowest BCUT2D eigenvalue weighted by Crippen LogP contribution is -2.33. The number of carboxylic acids is 2. The molecule has 39 heavy (non-hydrogen) atoms. The molecule has 1 aliphatic rings. The molecule has 0 saturated heterocycles. The zero-order valence-electron chi connectivity index (χ0n) is 20.5. The molecule has 0 bridgehead atoms. The number of carboxylic acid groups (broad SMARTS) is 2. The molecule has 0 amide bonds. The summed E-state index contributed by atoms with van der Waals surface area (Å²) in [6.07, 6.45) is -8.10. The van der Waals surface area contributed by atoms with Gasteiger partial charge in [-0.2, -0.15) is 31.4 Å². The van der Waals surface area contributed by atoms with Crippen molar-refractivity contribution in [3.63, 3.8) is 0 Å². The first-order valence-electron chi connectivity index (χ1n) is 10.9. The molecule has 0 radical (unpaired) electrons. The van der Waals surface area contributed by atoms with E-state index < -0.39 is 34.3 Å². The molecule has 0 spiro atoms. The van der Waals surface area contributed by atoms with Crippen molar-refractivity contribution in [2.45, 2.75) is 45.0 Å². The third kappa shape index (κ3) is 13.4. The molecule has 0 unspecified atom stereocenters. The van der Waals surface area contributed by atoms with E-state index in [0.29, 0.717) is 6.54 Å². The Morgan fingerprint density at radius 2 is 1.49 bits per heavy atom. The predicted octanol–water partition coefficient (Wildman–Crippen LogP) is 1.72. The van der Waals surface area contributed by atoms with Crippen molar-refractivity contribution in [2.24, 2.45) is 5.73 Å². The first-order chi connectivity index (χ1) is 17.8. The molecule has 0 fully saturated rings. The quantitative estimate of drug-likeness (QED) is 0.351. The van der Waals surface area contributed by atoms with Gasteiger partial charge in [0.25, 0.3) is 0 Å². The number of halogens is 6. The van der Waals surface area contributed by atoms with E-state index in [1.54, 1.807) is 0 Å².